The van der Waals surface area contributed by atoms with E-state index in [1.54, 1.807) is 0 Å². The summed E-state index contributed by atoms with van der Waals surface area (Å²) in [7, 11) is 0. The third kappa shape index (κ3) is 5.30. The number of aryl methyl sites for hydroxylation is 1. The molecule has 1 amide bonds. The van der Waals surface area contributed by atoms with Gasteiger partial charge in [0.1, 0.15) is 6.10 Å². The molecule has 0 bridgehead atoms. The zero-order chi connectivity index (χ0) is 15.1. The molecule has 0 saturated carbocycles. The summed E-state index contributed by atoms with van der Waals surface area (Å²) in [5, 5.41) is 3.78. The van der Waals surface area contributed by atoms with Crippen LogP contribution in [0.3, 0.4) is 0 Å². The zero-order valence-corrected chi connectivity index (χ0v) is 13.1. The molecule has 0 aliphatic carbocycles. The van der Waals surface area contributed by atoms with Crippen LogP contribution in [0.15, 0.2) is 24.3 Å². The van der Waals surface area contributed by atoms with Gasteiger partial charge in [-0.05, 0) is 37.5 Å². The van der Waals surface area contributed by atoms with Crippen LogP contribution in [0.2, 0.25) is 5.02 Å². The third-order valence-corrected chi connectivity index (χ3v) is 3.84. The highest BCUT2D eigenvalue weighted by molar-refractivity contribution is 6.30. The number of amides is 1. The van der Waals surface area contributed by atoms with Gasteiger partial charge in [-0.25, -0.2) is 0 Å². The van der Waals surface area contributed by atoms with E-state index in [1.807, 2.05) is 31.2 Å². The molecule has 1 aliphatic heterocycles. The predicted octanol–water partition coefficient (Wildman–Crippen LogP) is 2.58. The van der Waals surface area contributed by atoms with Gasteiger partial charge in [0.15, 0.2) is 0 Å². The number of hydrogen-bond acceptors (Lipinski definition) is 3. The van der Waals surface area contributed by atoms with Crippen molar-refractivity contribution in [3.8, 4) is 0 Å². The number of rotatable bonds is 6. The Kier molecular flexibility index (Phi) is 6.49. The fourth-order valence-electron chi connectivity index (χ4n) is 2.44. The quantitative estimate of drug-likeness (QED) is 0.878. The van der Waals surface area contributed by atoms with Crippen molar-refractivity contribution in [1.82, 2.24) is 5.32 Å². The maximum Gasteiger partial charge on any atom is 0.220 e. The monoisotopic (exact) mass is 311 g/mol. The Labute approximate surface area is 130 Å². The van der Waals surface area contributed by atoms with Crippen LogP contribution in [-0.2, 0) is 20.7 Å². The predicted molar refractivity (Wildman–Crippen MR) is 82.6 cm³/mol. The number of nitrogens with one attached hydrogen (secondary N) is 1. The molecule has 0 spiro atoms. The Morgan fingerprint density at radius 3 is 2.90 bits per heavy atom. The lowest BCUT2D eigenvalue weighted by molar-refractivity contribution is -0.125. The Balaban J connectivity index is 1.78. The first-order valence-corrected chi connectivity index (χ1v) is 7.80. The Morgan fingerprint density at radius 2 is 2.19 bits per heavy atom. The second-order valence-electron chi connectivity index (χ2n) is 5.16. The molecular weight excluding hydrogens is 290 g/mol. The van der Waals surface area contributed by atoms with E-state index in [0.29, 0.717) is 37.7 Å². The van der Waals surface area contributed by atoms with Crippen molar-refractivity contribution < 1.29 is 14.3 Å². The maximum absolute atomic E-state index is 12.1. The van der Waals surface area contributed by atoms with Gasteiger partial charge in [-0.1, -0.05) is 23.7 Å². The number of halogens is 1. The van der Waals surface area contributed by atoms with Crippen molar-refractivity contribution >= 4 is 17.5 Å². The molecule has 2 rings (SSSR count). The van der Waals surface area contributed by atoms with E-state index in [-0.39, 0.29) is 18.1 Å². The summed E-state index contributed by atoms with van der Waals surface area (Å²) < 4.78 is 11.0. The van der Waals surface area contributed by atoms with Crippen LogP contribution < -0.4 is 5.32 Å². The van der Waals surface area contributed by atoms with Gasteiger partial charge in [-0.2, -0.15) is 0 Å². The number of hydrogen-bond donors (Lipinski definition) is 1. The van der Waals surface area contributed by atoms with Gasteiger partial charge >= 0.3 is 0 Å². The third-order valence-electron chi connectivity index (χ3n) is 3.59. The van der Waals surface area contributed by atoms with Crippen LogP contribution in [0, 0.1) is 0 Å². The molecular formula is C16H22ClNO3. The number of ether oxygens (including phenoxy) is 2. The molecule has 5 heteroatoms. The molecule has 2 atom stereocenters. The minimum absolute atomic E-state index is 0.0387. The average Bonchev–Trinajstić information content (AvgIpc) is 2.49. The van der Waals surface area contributed by atoms with Gasteiger partial charge in [0, 0.05) is 24.7 Å². The highest BCUT2D eigenvalue weighted by atomic mass is 35.5. The van der Waals surface area contributed by atoms with Gasteiger partial charge in [0.25, 0.3) is 0 Å². The second kappa shape index (κ2) is 8.37. The summed E-state index contributed by atoms with van der Waals surface area (Å²) >= 11 is 5.84. The van der Waals surface area contributed by atoms with Gasteiger partial charge in [-0.15, -0.1) is 0 Å². The van der Waals surface area contributed by atoms with E-state index in [9.17, 15) is 4.79 Å². The molecule has 1 N–H and O–H groups in total. The van der Waals surface area contributed by atoms with Crippen molar-refractivity contribution in [1.29, 1.82) is 0 Å². The highest BCUT2D eigenvalue weighted by Crippen LogP contribution is 2.13. The molecule has 21 heavy (non-hydrogen) atoms. The first kappa shape index (κ1) is 16.3. The van der Waals surface area contributed by atoms with Gasteiger partial charge in [0.05, 0.1) is 12.6 Å². The summed E-state index contributed by atoms with van der Waals surface area (Å²) in [4.78, 5) is 12.1. The fraction of sp³-hybridized carbons (Fsp3) is 0.562. The molecule has 1 aromatic rings. The minimum Gasteiger partial charge on any atom is -0.379 e. The first-order chi connectivity index (χ1) is 10.2. The Morgan fingerprint density at radius 1 is 1.43 bits per heavy atom. The Bertz CT molecular complexity index is 447. The van der Waals surface area contributed by atoms with Crippen LogP contribution >= 0.6 is 11.6 Å². The van der Waals surface area contributed by atoms with E-state index in [4.69, 9.17) is 21.1 Å². The number of benzene rings is 1. The van der Waals surface area contributed by atoms with Crippen LogP contribution in [-0.4, -0.2) is 37.9 Å². The first-order valence-electron chi connectivity index (χ1n) is 7.42. The summed E-state index contributed by atoms with van der Waals surface area (Å²) in [6, 6.07) is 7.65. The van der Waals surface area contributed by atoms with Crippen LogP contribution in [0.4, 0.5) is 0 Å². The Hall–Kier alpha value is -1.10. The van der Waals surface area contributed by atoms with E-state index >= 15 is 0 Å². The number of carbonyl (C=O) groups excluding carboxylic acids is 1. The number of carbonyl (C=O) groups is 1. The summed E-state index contributed by atoms with van der Waals surface area (Å²) in [5.41, 5.74) is 1.11. The normalized spacial score (nSPS) is 22.0. The molecule has 1 aromatic carbocycles. The minimum atomic E-state index is -0.0387. The summed E-state index contributed by atoms with van der Waals surface area (Å²) in [6.45, 7) is 3.81. The standard InChI is InChI=1S/C16H22ClNO3/c1-2-21-15-11-20-10-9-14(15)18-16(19)8-5-12-3-6-13(17)7-4-12/h3-4,6-7,14-15H,2,5,8-11H2,1H3,(H,18,19)/t14-,15-/m1/s1. The van der Waals surface area contributed by atoms with Gasteiger partial charge in [-0.3, -0.25) is 4.79 Å². The smallest absolute Gasteiger partial charge is 0.220 e. The lowest BCUT2D eigenvalue weighted by Gasteiger charge is -2.31. The lowest BCUT2D eigenvalue weighted by atomic mass is 10.0. The fourth-order valence-corrected chi connectivity index (χ4v) is 2.57. The maximum atomic E-state index is 12.1. The average molecular weight is 312 g/mol. The molecule has 0 unspecified atom stereocenters. The largest absolute Gasteiger partial charge is 0.379 e. The second-order valence-corrected chi connectivity index (χ2v) is 5.59. The van der Waals surface area contributed by atoms with Gasteiger partial charge in [0.2, 0.25) is 5.91 Å². The van der Waals surface area contributed by atoms with Crippen LogP contribution in [0.25, 0.3) is 0 Å². The van der Waals surface area contributed by atoms with Crippen molar-refractivity contribution in [2.45, 2.75) is 38.3 Å². The highest BCUT2D eigenvalue weighted by Gasteiger charge is 2.27. The summed E-state index contributed by atoms with van der Waals surface area (Å²) in [5.74, 6) is 0.0570. The molecule has 1 saturated heterocycles. The summed E-state index contributed by atoms with van der Waals surface area (Å²) in [6.07, 6.45) is 1.95. The van der Waals surface area contributed by atoms with Gasteiger partial charge < -0.3 is 14.8 Å². The van der Waals surface area contributed by atoms with Crippen molar-refractivity contribution in [3.05, 3.63) is 34.9 Å². The zero-order valence-electron chi connectivity index (χ0n) is 12.3. The molecule has 0 aromatic heterocycles. The van der Waals surface area contributed by atoms with Crippen LogP contribution in [0.5, 0.6) is 0 Å². The molecule has 116 valence electrons. The molecule has 4 nitrogen and oxygen atoms in total. The molecule has 1 heterocycles. The lowest BCUT2D eigenvalue weighted by Crippen LogP contribution is -2.50. The van der Waals surface area contributed by atoms with Crippen LogP contribution in [0.1, 0.15) is 25.3 Å². The molecule has 0 radical (unpaired) electrons. The van der Waals surface area contributed by atoms with E-state index in [2.05, 4.69) is 5.32 Å². The molecule has 1 aliphatic rings. The topological polar surface area (TPSA) is 47.6 Å². The van der Waals surface area contributed by atoms with E-state index in [0.717, 1.165) is 12.0 Å². The SMILES string of the molecule is CCO[C@@H]1COCC[C@H]1NC(=O)CCc1ccc(Cl)cc1. The van der Waals surface area contributed by atoms with Crippen molar-refractivity contribution in [3.63, 3.8) is 0 Å². The van der Waals surface area contributed by atoms with Crippen molar-refractivity contribution in [2.75, 3.05) is 19.8 Å². The molecule has 1 fully saturated rings. The van der Waals surface area contributed by atoms with E-state index < -0.39 is 0 Å². The van der Waals surface area contributed by atoms with E-state index in [1.165, 1.54) is 0 Å². The van der Waals surface area contributed by atoms with Crippen molar-refractivity contribution in [2.24, 2.45) is 0 Å².